The van der Waals surface area contributed by atoms with Crippen LogP contribution in [0.15, 0.2) is 24.5 Å². The van der Waals surface area contributed by atoms with Gasteiger partial charge in [0.1, 0.15) is 0 Å². The highest BCUT2D eigenvalue weighted by Gasteiger charge is 2.25. The molecule has 1 rings (SSSR count). The Morgan fingerprint density at radius 2 is 2.19 bits per heavy atom. The van der Waals surface area contributed by atoms with E-state index in [4.69, 9.17) is 0 Å². The molecular weight excluding hydrogens is 200 g/mol. The Morgan fingerprint density at radius 3 is 2.69 bits per heavy atom. The van der Waals surface area contributed by atoms with Crippen LogP contribution in [0.25, 0.3) is 0 Å². The molecule has 0 saturated heterocycles. The molecule has 1 aromatic heterocycles. The van der Waals surface area contributed by atoms with Crippen LogP contribution < -0.4 is 0 Å². The van der Waals surface area contributed by atoms with Crippen LogP contribution in [0, 0.1) is 5.41 Å². The zero-order valence-electron chi connectivity index (χ0n) is 10.6. The monoisotopic (exact) mass is 222 g/mol. The van der Waals surface area contributed by atoms with Crippen molar-refractivity contribution in [2.45, 2.75) is 33.4 Å². The molecule has 1 atom stereocenters. The summed E-state index contributed by atoms with van der Waals surface area (Å²) < 4.78 is 0. The number of aromatic nitrogens is 1. The first-order valence-corrected chi connectivity index (χ1v) is 5.67. The summed E-state index contributed by atoms with van der Waals surface area (Å²) in [6.07, 6.45) is 3.36. The molecule has 1 aromatic rings. The first-order valence-electron chi connectivity index (χ1n) is 5.67. The Hall–Kier alpha value is -0.930. The zero-order chi connectivity index (χ0) is 12.2. The van der Waals surface area contributed by atoms with E-state index in [-0.39, 0.29) is 11.5 Å². The minimum absolute atomic E-state index is 0.0864. The summed E-state index contributed by atoms with van der Waals surface area (Å²) in [5, 5.41) is 9.66. The highest BCUT2D eigenvalue weighted by Crippen LogP contribution is 2.21. The fourth-order valence-corrected chi connectivity index (χ4v) is 1.69. The molecule has 0 saturated carbocycles. The highest BCUT2D eigenvalue weighted by atomic mass is 16.3. The molecule has 0 fully saturated rings. The summed E-state index contributed by atoms with van der Waals surface area (Å²) in [5.41, 5.74) is 1.11. The van der Waals surface area contributed by atoms with Gasteiger partial charge in [-0.3, -0.25) is 4.98 Å². The number of rotatable bonds is 5. The number of hydrogen-bond acceptors (Lipinski definition) is 3. The predicted molar refractivity (Wildman–Crippen MR) is 66.0 cm³/mol. The smallest absolute Gasteiger partial charge is 0.0575 e. The van der Waals surface area contributed by atoms with E-state index in [1.54, 1.807) is 6.20 Å². The van der Waals surface area contributed by atoms with Gasteiger partial charge in [-0.1, -0.05) is 19.9 Å². The quantitative estimate of drug-likeness (QED) is 0.827. The van der Waals surface area contributed by atoms with E-state index in [2.05, 4.69) is 36.8 Å². The fourth-order valence-electron chi connectivity index (χ4n) is 1.69. The van der Waals surface area contributed by atoms with E-state index in [0.717, 1.165) is 13.1 Å². The van der Waals surface area contributed by atoms with Crippen molar-refractivity contribution in [3.8, 4) is 0 Å². The van der Waals surface area contributed by atoms with Gasteiger partial charge in [-0.25, -0.2) is 0 Å². The van der Waals surface area contributed by atoms with E-state index < -0.39 is 0 Å². The summed E-state index contributed by atoms with van der Waals surface area (Å²) in [6.45, 7) is 7.73. The average molecular weight is 222 g/mol. The molecule has 0 radical (unpaired) electrons. The summed E-state index contributed by atoms with van der Waals surface area (Å²) in [6, 6.07) is 4.02. The largest absolute Gasteiger partial charge is 0.393 e. The number of aliphatic hydroxyl groups excluding tert-OH is 1. The van der Waals surface area contributed by atoms with Crippen molar-refractivity contribution in [3.63, 3.8) is 0 Å². The first-order chi connectivity index (χ1) is 7.42. The first kappa shape index (κ1) is 13.1. The minimum Gasteiger partial charge on any atom is -0.393 e. The third-order valence-corrected chi connectivity index (χ3v) is 2.98. The highest BCUT2D eigenvalue weighted by molar-refractivity contribution is 5.08. The van der Waals surface area contributed by atoms with Gasteiger partial charge in [0.05, 0.1) is 6.10 Å². The van der Waals surface area contributed by atoms with Crippen molar-refractivity contribution >= 4 is 0 Å². The zero-order valence-corrected chi connectivity index (χ0v) is 10.6. The predicted octanol–water partition coefficient (Wildman–Crippen LogP) is 1.92. The van der Waals surface area contributed by atoms with Crippen molar-refractivity contribution in [3.05, 3.63) is 30.1 Å². The van der Waals surface area contributed by atoms with Crippen LogP contribution in [0.5, 0.6) is 0 Å². The molecule has 3 nitrogen and oxygen atoms in total. The third-order valence-electron chi connectivity index (χ3n) is 2.98. The summed E-state index contributed by atoms with van der Waals surface area (Å²) in [7, 11) is 2.07. The Kier molecular flexibility index (Phi) is 4.44. The number of aliphatic hydroxyl groups is 1. The van der Waals surface area contributed by atoms with Crippen molar-refractivity contribution in [2.75, 3.05) is 13.6 Å². The molecule has 3 heteroatoms. The van der Waals surface area contributed by atoms with Crippen LogP contribution in [0.4, 0.5) is 0 Å². The molecule has 0 aliphatic rings. The molecule has 1 N–H and O–H groups in total. The lowest BCUT2D eigenvalue weighted by molar-refractivity contribution is 0.0391. The standard InChI is InChI=1S/C13H22N2O/c1-11(16)13(2,3)10-15(4)9-12-6-5-7-14-8-12/h5-8,11,16H,9-10H2,1-4H3. The van der Waals surface area contributed by atoms with Gasteiger partial charge >= 0.3 is 0 Å². The van der Waals surface area contributed by atoms with Gasteiger partial charge in [0.15, 0.2) is 0 Å². The number of pyridine rings is 1. The molecule has 0 spiro atoms. The molecular formula is C13H22N2O. The maximum absolute atomic E-state index is 9.66. The van der Waals surface area contributed by atoms with Crippen LogP contribution in [-0.2, 0) is 6.54 Å². The van der Waals surface area contributed by atoms with E-state index >= 15 is 0 Å². The van der Waals surface area contributed by atoms with E-state index in [0.29, 0.717) is 0 Å². The average Bonchev–Trinajstić information content (AvgIpc) is 2.17. The number of hydrogen-bond donors (Lipinski definition) is 1. The van der Waals surface area contributed by atoms with Crippen molar-refractivity contribution in [1.29, 1.82) is 0 Å². The normalized spacial score (nSPS) is 14.1. The van der Waals surface area contributed by atoms with Gasteiger partial charge in [0, 0.05) is 30.9 Å². The molecule has 0 aliphatic carbocycles. The van der Waals surface area contributed by atoms with E-state index in [1.165, 1.54) is 5.56 Å². The molecule has 16 heavy (non-hydrogen) atoms. The molecule has 0 aliphatic heterocycles. The second-order valence-corrected chi connectivity index (χ2v) is 5.20. The SMILES string of the molecule is CC(O)C(C)(C)CN(C)Cc1cccnc1. The molecule has 1 heterocycles. The summed E-state index contributed by atoms with van der Waals surface area (Å²) >= 11 is 0. The van der Waals surface area contributed by atoms with Gasteiger partial charge < -0.3 is 10.0 Å². The maximum Gasteiger partial charge on any atom is 0.0575 e. The third kappa shape index (κ3) is 3.91. The van der Waals surface area contributed by atoms with Crippen LogP contribution in [0.1, 0.15) is 26.3 Å². The van der Waals surface area contributed by atoms with Crippen LogP contribution in [0.3, 0.4) is 0 Å². The number of nitrogens with zero attached hydrogens (tertiary/aromatic N) is 2. The Morgan fingerprint density at radius 1 is 1.50 bits per heavy atom. The minimum atomic E-state index is -0.302. The van der Waals surface area contributed by atoms with Gasteiger partial charge in [-0.2, -0.15) is 0 Å². The molecule has 90 valence electrons. The Bertz CT molecular complexity index is 309. The Balaban J connectivity index is 2.51. The second-order valence-electron chi connectivity index (χ2n) is 5.20. The lowest BCUT2D eigenvalue weighted by atomic mass is 9.87. The molecule has 0 aromatic carbocycles. The molecule has 0 bridgehead atoms. The molecule has 0 amide bonds. The van der Waals surface area contributed by atoms with Crippen molar-refractivity contribution in [2.24, 2.45) is 5.41 Å². The van der Waals surface area contributed by atoms with Crippen LogP contribution >= 0.6 is 0 Å². The van der Waals surface area contributed by atoms with Gasteiger partial charge in [0.2, 0.25) is 0 Å². The van der Waals surface area contributed by atoms with Crippen LogP contribution in [-0.4, -0.2) is 34.7 Å². The van der Waals surface area contributed by atoms with Crippen LogP contribution in [0.2, 0.25) is 0 Å². The lowest BCUT2D eigenvalue weighted by Crippen LogP contribution is -2.38. The second kappa shape index (κ2) is 5.41. The van der Waals surface area contributed by atoms with Crippen molar-refractivity contribution in [1.82, 2.24) is 9.88 Å². The van der Waals surface area contributed by atoms with E-state index in [9.17, 15) is 5.11 Å². The summed E-state index contributed by atoms with van der Waals surface area (Å²) in [5.74, 6) is 0. The maximum atomic E-state index is 9.66. The topological polar surface area (TPSA) is 36.4 Å². The van der Waals surface area contributed by atoms with Gasteiger partial charge in [-0.15, -0.1) is 0 Å². The van der Waals surface area contributed by atoms with Crippen molar-refractivity contribution < 1.29 is 5.11 Å². The van der Waals surface area contributed by atoms with Gasteiger partial charge in [0.25, 0.3) is 0 Å². The lowest BCUT2D eigenvalue weighted by Gasteiger charge is -2.32. The summed E-state index contributed by atoms with van der Waals surface area (Å²) in [4.78, 5) is 6.31. The Labute approximate surface area is 98.1 Å². The molecule has 1 unspecified atom stereocenters. The fraction of sp³-hybridized carbons (Fsp3) is 0.615. The van der Waals surface area contributed by atoms with E-state index in [1.807, 2.05) is 19.2 Å². The van der Waals surface area contributed by atoms with Gasteiger partial charge in [-0.05, 0) is 25.6 Å².